The zero-order valence-corrected chi connectivity index (χ0v) is 11.8. The third-order valence-corrected chi connectivity index (χ3v) is 4.12. The van der Waals surface area contributed by atoms with Gasteiger partial charge in [-0.2, -0.15) is 0 Å². The number of hydrogen-bond acceptors (Lipinski definition) is 4. The van der Waals surface area contributed by atoms with Crippen molar-refractivity contribution in [3.05, 3.63) is 35.9 Å². The minimum Gasteiger partial charge on any atom is -0.445 e. The number of ketones is 1. The van der Waals surface area contributed by atoms with E-state index >= 15 is 0 Å². The van der Waals surface area contributed by atoms with Crippen LogP contribution in [0, 0.1) is 5.41 Å². The monoisotopic (exact) mass is 289 g/mol. The Bertz CT molecular complexity index is 520. The van der Waals surface area contributed by atoms with Crippen molar-refractivity contribution >= 4 is 11.9 Å². The summed E-state index contributed by atoms with van der Waals surface area (Å²) in [5.41, 5.74) is 1.01. The van der Waals surface area contributed by atoms with Gasteiger partial charge in [-0.1, -0.05) is 30.3 Å². The van der Waals surface area contributed by atoms with Gasteiger partial charge in [-0.25, -0.2) is 4.79 Å². The number of carbonyl (C=O) groups excluding carboxylic acids is 2. The molecule has 21 heavy (non-hydrogen) atoms. The second-order valence-electron chi connectivity index (χ2n) is 5.97. The number of alkyl carbamates (subject to hydrolysis) is 1. The van der Waals surface area contributed by atoms with Crippen LogP contribution in [0.25, 0.3) is 0 Å². The fourth-order valence-corrected chi connectivity index (χ4v) is 3.03. The van der Waals surface area contributed by atoms with E-state index < -0.39 is 6.09 Å². The maximum absolute atomic E-state index is 11.6. The van der Waals surface area contributed by atoms with E-state index in [1.54, 1.807) is 0 Å². The maximum atomic E-state index is 11.6. The molecule has 1 aromatic rings. The lowest BCUT2D eigenvalue weighted by molar-refractivity contribution is -0.132. The Morgan fingerprint density at radius 1 is 1.33 bits per heavy atom. The van der Waals surface area contributed by atoms with E-state index in [1.807, 2.05) is 30.3 Å². The second kappa shape index (κ2) is 5.85. The Morgan fingerprint density at radius 2 is 2.10 bits per heavy atom. The van der Waals surface area contributed by atoms with Gasteiger partial charge in [-0.3, -0.25) is 4.79 Å². The van der Waals surface area contributed by atoms with Crippen molar-refractivity contribution in [2.45, 2.75) is 32.0 Å². The fraction of sp³-hybridized carbons (Fsp3) is 0.500. The third kappa shape index (κ3) is 3.42. The highest BCUT2D eigenvalue weighted by Gasteiger charge is 2.49. The first-order chi connectivity index (χ1) is 10.2. The molecule has 1 aliphatic carbocycles. The van der Waals surface area contributed by atoms with Gasteiger partial charge in [-0.05, 0) is 12.0 Å². The molecule has 3 rings (SSSR count). The second-order valence-corrected chi connectivity index (χ2v) is 5.97. The molecule has 1 atom stereocenters. The average Bonchev–Trinajstić information content (AvgIpc) is 2.88. The average molecular weight is 289 g/mol. The minimum atomic E-state index is -0.437. The van der Waals surface area contributed by atoms with E-state index in [4.69, 9.17) is 9.47 Å². The number of benzene rings is 1. The highest BCUT2D eigenvalue weighted by molar-refractivity contribution is 5.86. The van der Waals surface area contributed by atoms with Crippen molar-refractivity contribution in [1.29, 1.82) is 0 Å². The van der Waals surface area contributed by atoms with Gasteiger partial charge in [0.15, 0.2) is 0 Å². The molecule has 1 saturated carbocycles. The molecular formula is C16H19NO4. The lowest BCUT2D eigenvalue weighted by Crippen LogP contribution is -2.39. The predicted molar refractivity (Wildman–Crippen MR) is 75.7 cm³/mol. The standard InChI is InChI=1S/C16H19NO4/c18-13-6-16(7-13)8-14(21-11-16)9-17-15(19)20-10-12-4-2-1-3-5-12/h1-5,14H,6-11H2,(H,17,19). The van der Waals surface area contributed by atoms with Crippen LogP contribution >= 0.6 is 0 Å². The molecule has 0 radical (unpaired) electrons. The van der Waals surface area contributed by atoms with E-state index in [0.29, 0.717) is 31.8 Å². The quantitative estimate of drug-likeness (QED) is 0.921. The van der Waals surface area contributed by atoms with Crippen LogP contribution in [0.2, 0.25) is 0 Å². The summed E-state index contributed by atoms with van der Waals surface area (Å²) in [7, 11) is 0. The SMILES string of the molecule is O=C1CC2(COC(CNC(=O)OCc3ccccc3)C2)C1. The maximum Gasteiger partial charge on any atom is 0.407 e. The number of rotatable bonds is 4. The lowest BCUT2D eigenvalue weighted by atomic mass is 9.67. The Morgan fingerprint density at radius 3 is 2.81 bits per heavy atom. The molecule has 2 aliphatic rings. The molecule has 1 saturated heterocycles. The summed E-state index contributed by atoms with van der Waals surface area (Å²) >= 11 is 0. The highest BCUT2D eigenvalue weighted by atomic mass is 16.5. The van der Waals surface area contributed by atoms with E-state index in [1.165, 1.54) is 0 Å². The number of Topliss-reactive ketones (excluding diaryl/α,β-unsaturated/α-hetero) is 1. The number of ether oxygens (including phenoxy) is 2. The number of amides is 1. The molecule has 1 amide bonds. The van der Waals surface area contributed by atoms with Gasteiger partial charge < -0.3 is 14.8 Å². The van der Waals surface area contributed by atoms with Crippen molar-refractivity contribution < 1.29 is 19.1 Å². The summed E-state index contributed by atoms with van der Waals surface area (Å²) in [6.45, 7) is 1.32. The molecule has 0 aromatic heterocycles. The number of hydrogen-bond donors (Lipinski definition) is 1. The van der Waals surface area contributed by atoms with Crippen LogP contribution < -0.4 is 5.32 Å². The molecule has 1 unspecified atom stereocenters. The van der Waals surface area contributed by atoms with E-state index in [9.17, 15) is 9.59 Å². The van der Waals surface area contributed by atoms with Crippen molar-refractivity contribution in [3.63, 3.8) is 0 Å². The molecule has 1 spiro atoms. The Hall–Kier alpha value is -1.88. The number of carbonyl (C=O) groups is 2. The molecule has 1 aromatic carbocycles. The summed E-state index contributed by atoms with van der Waals surface area (Å²) in [4.78, 5) is 22.7. The summed E-state index contributed by atoms with van der Waals surface area (Å²) in [6.07, 6.45) is 1.65. The first-order valence-electron chi connectivity index (χ1n) is 7.23. The molecular weight excluding hydrogens is 270 g/mol. The molecule has 1 heterocycles. The van der Waals surface area contributed by atoms with Gasteiger partial charge in [0.05, 0.1) is 12.7 Å². The molecule has 2 fully saturated rings. The molecule has 112 valence electrons. The summed E-state index contributed by atoms with van der Waals surface area (Å²) < 4.78 is 10.8. The Kier molecular flexibility index (Phi) is 3.92. The smallest absolute Gasteiger partial charge is 0.407 e. The van der Waals surface area contributed by atoms with Crippen LogP contribution in [-0.4, -0.2) is 31.1 Å². The number of nitrogens with one attached hydrogen (secondary N) is 1. The highest BCUT2D eigenvalue weighted by Crippen LogP contribution is 2.46. The predicted octanol–water partition coefficient (Wildman–Crippen LogP) is 2.05. The van der Waals surface area contributed by atoms with Crippen molar-refractivity contribution in [2.24, 2.45) is 5.41 Å². The van der Waals surface area contributed by atoms with Crippen LogP contribution in [0.3, 0.4) is 0 Å². The van der Waals surface area contributed by atoms with Gasteiger partial charge in [0.1, 0.15) is 12.4 Å². The molecule has 0 bridgehead atoms. The Balaban J connectivity index is 1.36. The summed E-state index contributed by atoms with van der Waals surface area (Å²) in [6, 6.07) is 9.54. The van der Waals surface area contributed by atoms with Crippen molar-refractivity contribution in [1.82, 2.24) is 5.32 Å². The van der Waals surface area contributed by atoms with Gasteiger partial charge in [0.25, 0.3) is 0 Å². The zero-order valence-electron chi connectivity index (χ0n) is 11.8. The first kappa shape index (κ1) is 14.1. The zero-order chi connectivity index (χ0) is 14.7. The van der Waals surface area contributed by atoms with E-state index in [-0.39, 0.29) is 18.1 Å². The fourth-order valence-electron chi connectivity index (χ4n) is 3.03. The van der Waals surface area contributed by atoms with Gasteiger partial charge in [-0.15, -0.1) is 0 Å². The molecule has 5 nitrogen and oxygen atoms in total. The minimum absolute atomic E-state index is 0.0117. The van der Waals surface area contributed by atoms with Crippen LogP contribution in [0.15, 0.2) is 30.3 Å². The summed E-state index contributed by atoms with van der Waals surface area (Å²) in [5.74, 6) is 0.314. The van der Waals surface area contributed by atoms with Crippen molar-refractivity contribution in [2.75, 3.05) is 13.2 Å². The van der Waals surface area contributed by atoms with Crippen LogP contribution in [0.4, 0.5) is 4.79 Å². The lowest BCUT2D eigenvalue weighted by Gasteiger charge is -2.34. The van der Waals surface area contributed by atoms with Crippen LogP contribution in [0.5, 0.6) is 0 Å². The largest absolute Gasteiger partial charge is 0.445 e. The molecule has 1 aliphatic heterocycles. The van der Waals surface area contributed by atoms with E-state index in [2.05, 4.69) is 5.32 Å². The van der Waals surface area contributed by atoms with Crippen molar-refractivity contribution in [3.8, 4) is 0 Å². The van der Waals surface area contributed by atoms with Crippen LogP contribution in [0.1, 0.15) is 24.8 Å². The topological polar surface area (TPSA) is 64.6 Å². The summed E-state index contributed by atoms with van der Waals surface area (Å²) in [5, 5.41) is 2.72. The third-order valence-electron chi connectivity index (χ3n) is 4.12. The van der Waals surface area contributed by atoms with Gasteiger partial charge >= 0.3 is 6.09 Å². The normalized spacial score (nSPS) is 22.9. The van der Waals surface area contributed by atoms with Gasteiger partial charge in [0.2, 0.25) is 0 Å². The molecule has 5 heteroatoms. The van der Waals surface area contributed by atoms with Gasteiger partial charge in [0, 0.05) is 24.8 Å². The van der Waals surface area contributed by atoms with E-state index in [0.717, 1.165) is 12.0 Å². The first-order valence-corrected chi connectivity index (χ1v) is 7.23. The Labute approximate surface area is 123 Å². The van der Waals surface area contributed by atoms with Crippen LogP contribution in [-0.2, 0) is 20.9 Å². The molecule has 1 N–H and O–H groups in total.